The van der Waals surface area contributed by atoms with E-state index < -0.39 is 5.54 Å². The molecular weight excluding hydrogens is 268 g/mol. The van der Waals surface area contributed by atoms with Crippen LogP contribution in [0.25, 0.3) is 0 Å². The number of benzene rings is 1. The Balaban J connectivity index is 1.84. The van der Waals surface area contributed by atoms with Gasteiger partial charge in [-0.25, -0.2) is 0 Å². The number of likely N-dealkylation sites (N-methyl/N-ethyl adjacent to an activating group) is 1. The molecule has 1 aliphatic rings. The average Bonchev–Trinajstić information content (AvgIpc) is 2.99. The zero-order valence-corrected chi connectivity index (χ0v) is 12.3. The summed E-state index contributed by atoms with van der Waals surface area (Å²) in [6.45, 7) is 4.21. The van der Waals surface area contributed by atoms with Crippen molar-refractivity contribution in [2.75, 3.05) is 26.7 Å². The highest BCUT2D eigenvalue weighted by Gasteiger charge is 2.32. The number of hydrogen-bond donors (Lipinski definition) is 1. The summed E-state index contributed by atoms with van der Waals surface area (Å²) in [5, 5.41) is 4.05. The van der Waals surface area contributed by atoms with Gasteiger partial charge in [0.05, 0.1) is 6.61 Å². The van der Waals surface area contributed by atoms with E-state index in [4.69, 9.17) is 15.0 Å². The normalized spacial score (nSPS) is 22.9. The molecule has 1 aliphatic heterocycles. The first-order valence-electron chi connectivity index (χ1n) is 7.06. The second-order valence-electron chi connectivity index (χ2n) is 5.65. The summed E-state index contributed by atoms with van der Waals surface area (Å²) in [5.74, 6) is 0.963. The fraction of sp³-hybridized carbons (Fsp3) is 0.467. The third kappa shape index (κ3) is 2.83. The Hall–Kier alpha value is -1.76. The van der Waals surface area contributed by atoms with Crippen LogP contribution in [0, 0.1) is 0 Å². The third-order valence-electron chi connectivity index (χ3n) is 3.82. The van der Waals surface area contributed by atoms with Crippen LogP contribution in [-0.2, 0) is 10.3 Å². The zero-order chi connectivity index (χ0) is 14.9. The number of ether oxygens (including phenoxy) is 1. The van der Waals surface area contributed by atoms with E-state index in [0.717, 1.165) is 18.7 Å². The van der Waals surface area contributed by atoms with Crippen LogP contribution in [0.4, 0.5) is 0 Å². The van der Waals surface area contributed by atoms with Gasteiger partial charge in [-0.2, -0.15) is 4.98 Å². The Morgan fingerprint density at radius 3 is 2.81 bits per heavy atom. The van der Waals surface area contributed by atoms with Gasteiger partial charge in [0.25, 0.3) is 5.89 Å². The van der Waals surface area contributed by atoms with Crippen LogP contribution in [0.3, 0.4) is 0 Å². The van der Waals surface area contributed by atoms with E-state index in [0.29, 0.717) is 18.3 Å². The van der Waals surface area contributed by atoms with Gasteiger partial charge in [-0.1, -0.05) is 35.5 Å². The maximum Gasteiger partial charge on any atom is 0.251 e. The van der Waals surface area contributed by atoms with Gasteiger partial charge < -0.3 is 19.9 Å². The van der Waals surface area contributed by atoms with Gasteiger partial charge in [-0.3, -0.25) is 0 Å². The summed E-state index contributed by atoms with van der Waals surface area (Å²) >= 11 is 0. The smallest absolute Gasteiger partial charge is 0.251 e. The lowest BCUT2D eigenvalue weighted by Crippen LogP contribution is -2.36. The number of aromatic nitrogens is 2. The Kier molecular flexibility index (Phi) is 3.75. The number of morpholine rings is 1. The van der Waals surface area contributed by atoms with Gasteiger partial charge in [0.15, 0.2) is 0 Å². The lowest BCUT2D eigenvalue weighted by molar-refractivity contribution is -0.0264. The minimum Gasteiger partial charge on any atom is -0.367 e. The Bertz CT molecular complexity index is 597. The Morgan fingerprint density at radius 1 is 1.33 bits per heavy atom. The first-order chi connectivity index (χ1) is 10.1. The average molecular weight is 288 g/mol. The minimum absolute atomic E-state index is 0.159. The summed E-state index contributed by atoms with van der Waals surface area (Å²) < 4.78 is 11.1. The molecule has 21 heavy (non-hydrogen) atoms. The molecule has 1 aromatic heterocycles. The molecule has 2 unspecified atom stereocenters. The Morgan fingerprint density at radius 2 is 2.10 bits per heavy atom. The topological polar surface area (TPSA) is 77.4 Å². The van der Waals surface area contributed by atoms with Crippen molar-refractivity contribution in [2.45, 2.75) is 18.6 Å². The molecule has 0 saturated carbocycles. The van der Waals surface area contributed by atoms with Crippen molar-refractivity contribution in [1.29, 1.82) is 0 Å². The maximum atomic E-state index is 6.38. The van der Waals surface area contributed by atoms with Gasteiger partial charge in [-0.15, -0.1) is 0 Å². The molecule has 1 saturated heterocycles. The number of nitrogens with two attached hydrogens (primary N) is 1. The van der Waals surface area contributed by atoms with E-state index in [9.17, 15) is 0 Å². The molecule has 0 amide bonds. The van der Waals surface area contributed by atoms with Crippen molar-refractivity contribution in [2.24, 2.45) is 5.73 Å². The van der Waals surface area contributed by atoms with Crippen LogP contribution in [0.1, 0.15) is 30.3 Å². The molecule has 2 atom stereocenters. The molecule has 2 N–H and O–H groups in total. The summed E-state index contributed by atoms with van der Waals surface area (Å²) in [6, 6.07) is 9.74. The van der Waals surface area contributed by atoms with Gasteiger partial charge in [-0.05, 0) is 19.5 Å². The minimum atomic E-state index is -0.812. The largest absolute Gasteiger partial charge is 0.367 e. The summed E-state index contributed by atoms with van der Waals surface area (Å²) in [4.78, 5) is 6.65. The third-order valence-corrected chi connectivity index (χ3v) is 3.82. The molecule has 112 valence electrons. The monoisotopic (exact) mass is 288 g/mol. The molecule has 6 nitrogen and oxygen atoms in total. The summed E-state index contributed by atoms with van der Waals surface area (Å²) in [7, 11) is 2.05. The molecule has 6 heteroatoms. The molecule has 0 spiro atoms. The van der Waals surface area contributed by atoms with Crippen LogP contribution < -0.4 is 5.73 Å². The number of rotatable bonds is 3. The van der Waals surface area contributed by atoms with Crippen molar-refractivity contribution in [3.63, 3.8) is 0 Å². The molecule has 2 heterocycles. The molecule has 0 aliphatic carbocycles. The van der Waals surface area contributed by atoms with Crippen molar-refractivity contribution < 1.29 is 9.26 Å². The first kappa shape index (κ1) is 14.2. The lowest BCUT2D eigenvalue weighted by Gasteiger charge is -2.27. The quantitative estimate of drug-likeness (QED) is 0.917. The van der Waals surface area contributed by atoms with E-state index in [-0.39, 0.29) is 6.10 Å². The molecule has 1 fully saturated rings. The molecule has 2 aromatic rings. The van der Waals surface area contributed by atoms with E-state index in [2.05, 4.69) is 15.0 Å². The predicted octanol–water partition coefficient (Wildman–Crippen LogP) is 1.29. The van der Waals surface area contributed by atoms with E-state index >= 15 is 0 Å². The predicted molar refractivity (Wildman–Crippen MR) is 77.6 cm³/mol. The summed E-state index contributed by atoms with van der Waals surface area (Å²) in [5.41, 5.74) is 6.50. The van der Waals surface area contributed by atoms with Crippen molar-refractivity contribution in [3.05, 3.63) is 47.6 Å². The summed E-state index contributed by atoms with van der Waals surface area (Å²) in [6.07, 6.45) is -0.159. The van der Waals surface area contributed by atoms with E-state index in [1.54, 1.807) is 0 Å². The molecule has 1 aromatic carbocycles. The fourth-order valence-corrected chi connectivity index (χ4v) is 2.42. The SMILES string of the molecule is CN1CCOC(c2noc(C(C)(N)c3ccccc3)n2)C1. The van der Waals surface area contributed by atoms with Crippen molar-refractivity contribution >= 4 is 0 Å². The van der Waals surface area contributed by atoms with E-state index in [1.165, 1.54) is 0 Å². The van der Waals surface area contributed by atoms with Crippen molar-refractivity contribution in [1.82, 2.24) is 15.0 Å². The van der Waals surface area contributed by atoms with Crippen LogP contribution in [0.5, 0.6) is 0 Å². The highest BCUT2D eigenvalue weighted by atomic mass is 16.5. The molecule has 0 bridgehead atoms. The van der Waals surface area contributed by atoms with Gasteiger partial charge in [0, 0.05) is 13.1 Å². The molecule has 3 rings (SSSR count). The second kappa shape index (κ2) is 5.55. The van der Waals surface area contributed by atoms with Gasteiger partial charge >= 0.3 is 0 Å². The van der Waals surface area contributed by atoms with E-state index in [1.807, 2.05) is 44.3 Å². The highest BCUT2D eigenvalue weighted by Crippen LogP contribution is 2.27. The Labute approximate surface area is 123 Å². The number of hydrogen-bond acceptors (Lipinski definition) is 6. The van der Waals surface area contributed by atoms with Gasteiger partial charge in [0.1, 0.15) is 11.6 Å². The maximum absolute atomic E-state index is 6.38. The van der Waals surface area contributed by atoms with Crippen molar-refractivity contribution in [3.8, 4) is 0 Å². The zero-order valence-electron chi connectivity index (χ0n) is 12.3. The van der Waals surface area contributed by atoms with Crippen LogP contribution in [-0.4, -0.2) is 41.8 Å². The number of nitrogens with zero attached hydrogens (tertiary/aromatic N) is 3. The van der Waals surface area contributed by atoms with Crippen LogP contribution in [0.15, 0.2) is 34.9 Å². The lowest BCUT2D eigenvalue weighted by atomic mass is 9.93. The van der Waals surface area contributed by atoms with Gasteiger partial charge in [0.2, 0.25) is 5.82 Å². The fourth-order valence-electron chi connectivity index (χ4n) is 2.42. The molecule has 0 radical (unpaired) electrons. The first-order valence-corrected chi connectivity index (χ1v) is 7.06. The van der Waals surface area contributed by atoms with Crippen LogP contribution >= 0.6 is 0 Å². The second-order valence-corrected chi connectivity index (χ2v) is 5.65. The highest BCUT2D eigenvalue weighted by molar-refractivity contribution is 5.28. The molecular formula is C15H20N4O2. The standard InChI is InChI=1S/C15H20N4O2/c1-15(16,11-6-4-3-5-7-11)14-17-13(18-21-14)12-10-19(2)8-9-20-12/h3-7,12H,8-10,16H2,1-2H3. The van der Waals surface area contributed by atoms with Crippen LogP contribution in [0.2, 0.25) is 0 Å².